The molecule has 0 fully saturated rings. The van der Waals surface area contributed by atoms with Crippen LogP contribution in [0.4, 0.5) is 13.2 Å². The number of carbonyl (C=O) groups excluding carboxylic acids is 1. The Morgan fingerprint density at radius 2 is 2.00 bits per heavy atom. The highest BCUT2D eigenvalue weighted by atomic mass is 19.4. The molecule has 1 amide bonds. The van der Waals surface area contributed by atoms with Gasteiger partial charge in [-0.1, -0.05) is 12.1 Å². The smallest absolute Gasteiger partial charge is 0.259 e. The number of halogens is 3. The molecule has 0 bridgehead atoms. The second-order valence-electron chi connectivity index (χ2n) is 4.63. The molecule has 0 saturated heterocycles. The third-order valence-electron chi connectivity index (χ3n) is 2.91. The molecule has 0 atom stereocenters. The lowest BCUT2D eigenvalue weighted by Gasteiger charge is -2.05. The second kappa shape index (κ2) is 6.93. The maximum absolute atomic E-state index is 12.1. The third-order valence-corrected chi connectivity index (χ3v) is 2.91. The number of aromatic nitrogens is 3. The fourth-order valence-corrected chi connectivity index (χ4v) is 1.84. The molecule has 0 unspecified atom stereocenters. The van der Waals surface area contributed by atoms with Crippen molar-refractivity contribution in [2.45, 2.75) is 25.6 Å². The molecule has 120 valence electrons. The van der Waals surface area contributed by atoms with Gasteiger partial charge in [0, 0.05) is 24.1 Å². The zero-order chi connectivity index (χ0) is 16.9. The van der Waals surface area contributed by atoms with Crippen molar-refractivity contribution in [2.24, 2.45) is 5.11 Å². The summed E-state index contributed by atoms with van der Waals surface area (Å²) in [6.07, 6.45) is -3.76. The molecular formula is C13H12F3N6O+. The van der Waals surface area contributed by atoms with E-state index in [0.29, 0.717) is 11.4 Å². The Hall–Kier alpha value is -2.87. The molecule has 0 aliphatic rings. The van der Waals surface area contributed by atoms with Gasteiger partial charge in [-0.3, -0.25) is 9.48 Å². The predicted molar refractivity (Wildman–Crippen MR) is 72.4 cm³/mol. The molecule has 2 aromatic rings. The van der Waals surface area contributed by atoms with Gasteiger partial charge in [0.05, 0.1) is 0 Å². The molecule has 1 aromatic carbocycles. The maximum Gasteiger partial charge on any atom is 0.389 e. The van der Waals surface area contributed by atoms with Crippen molar-refractivity contribution in [3.63, 3.8) is 0 Å². The van der Waals surface area contributed by atoms with Gasteiger partial charge in [0.1, 0.15) is 11.9 Å². The lowest BCUT2D eigenvalue weighted by molar-refractivity contribution is -0.136. The van der Waals surface area contributed by atoms with Crippen LogP contribution in [0.1, 0.15) is 23.2 Å². The van der Waals surface area contributed by atoms with Crippen LogP contribution < -0.4 is 4.91 Å². The van der Waals surface area contributed by atoms with Gasteiger partial charge < -0.3 is 0 Å². The molecule has 7 nitrogen and oxygen atoms in total. The van der Waals surface area contributed by atoms with Crippen molar-refractivity contribution in [1.82, 2.24) is 19.7 Å². The Morgan fingerprint density at radius 3 is 2.61 bits per heavy atom. The number of rotatable bonds is 5. The van der Waals surface area contributed by atoms with Crippen LogP contribution in [-0.2, 0) is 6.54 Å². The number of hydrogen-bond donors (Lipinski definition) is 1. The van der Waals surface area contributed by atoms with Crippen LogP contribution in [0, 0.1) is 5.53 Å². The van der Waals surface area contributed by atoms with Crippen LogP contribution in [0.15, 0.2) is 35.7 Å². The monoisotopic (exact) mass is 325 g/mol. The summed E-state index contributed by atoms with van der Waals surface area (Å²) >= 11 is 0. The third kappa shape index (κ3) is 4.82. The summed E-state index contributed by atoms with van der Waals surface area (Å²) in [6.45, 7) is 0.118. The van der Waals surface area contributed by atoms with Crippen LogP contribution in [0.5, 0.6) is 0 Å². The van der Waals surface area contributed by atoms with Gasteiger partial charge in [-0.2, -0.15) is 18.3 Å². The molecule has 0 spiro atoms. The van der Waals surface area contributed by atoms with E-state index in [1.165, 1.54) is 23.1 Å². The molecule has 0 radical (unpaired) electrons. The molecule has 10 heteroatoms. The Labute approximate surface area is 128 Å². The van der Waals surface area contributed by atoms with Crippen LogP contribution in [0.25, 0.3) is 11.4 Å². The van der Waals surface area contributed by atoms with Gasteiger partial charge in [0.2, 0.25) is 10.0 Å². The topological polar surface area (TPSA) is 98.1 Å². The van der Waals surface area contributed by atoms with Crippen molar-refractivity contribution in [3.05, 3.63) is 36.2 Å². The fraction of sp³-hybridized carbons (Fsp3) is 0.308. The van der Waals surface area contributed by atoms with Crippen LogP contribution in [-0.4, -0.2) is 26.8 Å². The minimum atomic E-state index is -4.18. The predicted octanol–water partition coefficient (Wildman–Crippen LogP) is 2.98. The summed E-state index contributed by atoms with van der Waals surface area (Å²) in [5.74, 6) is -0.296. The van der Waals surface area contributed by atoms with E-state index in [4.69, 9.17) is 5.53 Å². The summed E-state index contributed by atoms with van der Waals surface area (Å²) in [7, 11) is 0. The first-order valence-corrected chi connectivity index (χ1v) is 6.57. The summed E-state index contributed by atoms with van der Waals surface area (Å²) in [6, 6.07) is 6.14. The van der Waals surface area contributed by atoms with E-state index >= 15 is 0 Å². The van der Waals surface area contributed by atoms with Crippen LogP contribution >= 0.6 is 0 Å². The highest BCUT2D eigenvalue weighted by molar-refractivity contribution is 5.94. The van der Waals surface area contributed by atoms with Crippen LogP contribution in [0.2, 0.25) is 0 Å². The number of alkyl halides is 3. The van der Waals surface area contributed by atoms with E-state index in [9.17, 15) is 18.0 Å². The van der Waals surface area contributed by atoms with Crippen LogP contribution in [0.3, 0.4) is 0 Å². The number of nitrogens with zero attached hydrogens (tertiary/aromatic N) is 5. The molecule has 0 aliphatic carbocycles. The zero-order valence-corrected chi connectivity index (χ0v) is 11.8. The Balaban J connectivity index is 2.02. The normalized spacial score (nSPS) is 11.1. The minimum Gasteiger partial charge on any atom is -0.259 e. The SMILES string of the molecule is N=[N+]=NC(=O)c1ccc(-c2ncn(CCCC(F)(F)F)n2)cc1. The number of hydrogen-bond acceptors (Lipinski definition) is 4. The molecule has 1 aromatic heterocycles. The molecule has 0 aliphatic heterocycles. The first-order chi connectivity index (χ1) is 10.9. The zero-order valence-electron chi connectivity index (χ0n) is 11.8. The Kier molecular flexibility index (Phi) is 4.97. The first kappa shape index (κ1) is 16.5. The number of benzene rings is 1. The highest BCUT2D eigenvalue weighted by Crippen LogP contribution is 2.22. The van der Waals surface area contributed by atoms with Crippen molar-refractivity contribution in [3.8, 4) is 11.4 Å². The van der Waals surface area contributed by atoms with E-state index in [1.54, 1.807) is 12.1 Å². The number of amides is 1. The highest BCUT2D eigenvalue weighted by Gasteiger charge is 2.26. The average molecular weight is 325 g/mol. The molecular weight excluding hydrogens is 313 g/mol. The maximum atomic E-state index is 12.1. The van der Waals surface area contributed by atoms with Crippen molar-refractivity contribution in [2.75, 3.05) is 0 Å². The largest absolute Gasteiger partial charge is 0.389 e. The fourth-order valence-electron chi connectivity index (χ4n) is 1.84. The van der Waals surface area contributed by atoms with Gasteiger partial charge in [0.15, 0.2) is 5.82 Å². The lowest BCUT2D eigenvalue weighted by atomic mass is 10.1. The van der Waals surface area contributed by atoms with E-state index in [1.807, 2.05) is 0 Å². The molecule has 1 N–H and O–H groups in total. The van der Waals surface area contributed by atoms with E-state index < -0.39 is 18.5 Å². The van der Waals surface area contributed by atoms with Gasteiger partial charge in [0.25, 0.3) is 0 Å². The van der Waals surface area contributed by atoms with Crippen molar-refractivity contribution >= 4 is 5.91 Å². The number of carbonyl (C=O) groups is 1. The van der Waals surface area contributed by atoms with E-state index in [-0.39, 0.29) is 18.5 Å². The summed E-state index contributed by atoms with van der Waals surface area (Å²) < 4.78 is 37.6. The Morgan fingerprint density at radius 1 is 1.30 bits per heavy atom. The number of aryl methyl sites for hydroxylation is 1. The molecule has 2 rings (SSSR count). The molecule has 23 heavy (non-hydrogen) atoms. The van der Waals surface area contributed by atoms with Gasteiger partial charge >= 0.3 is 12.1 Å². The van der Waals surface area contributed by atoms with E-state index in [0.717, 1.165) is 0 Å². The molecule has 1 heterocycles. The van der Waals surface area contributed by atoms with Gasteiger partial charge in [-0.05, 0) is 18.6 Å². The average Bonchev–Trinajstić information content (AvgIpc) is 2.95. The van der Waals surface area contributed by atoms with Crippen molar-refractivity contribution in [1.29, 1.82) is 5.53 Å². The number of nitrogens with one attached hydrogen (secondary N) is 1. The lowest BCUT2D eigenvalue weighted by Crippen LogP contribution is -2.09. The van der Waals surface area contributed by atoms with Gasteiger partial charge in [-0.25, -0.2) is 4.98 Å². The minimum absolute atomic E-state index is 0.0716. The summed E-state index contributed by atoms with van der Waals surface area (Å²) in [5, 5.41) is 7.17. The summed E-state index contributed by atoms with van der Waals surface area (Å²) in [4.78, 5) is 18.1. The summed E-state index contributed by atoms with van der Waals surface area (Å²) in [5.41, 5.74) is 7.37. The standard InChI is InChI=1S/C13H12F3N6O/c14-13(15,16)6-1-7-22-8-18-11(20-22)9-2-4-10(5-3-9)12(23)19-21-17/h2-5,8,17H,1,6-7H2/q+1. The first-order valence-electron chi connectivity index (χ1n) is 6.57. The van der Waals surface area contributed by atoms with E-state index in [2.05, 4.69) is 20.1 Å². The Bertz CT molecular complexity index is 731. The van der Waals surface area contributed by atoms with Gasteiger partial charge in [-0.15, -0.1) is 0 Å². The second-order valence-corrected chi connectivity index (χ2v) is 4.63. The quantitative estimate of drug-likeness (QED) is 0.676. The van der Waals surface area contributed by atoms with Crippen molar-refractivity contribution < 1.29 is 18.0 Å². The molecule has 0 saturated carbocycles.